The van der Waals surface area contributed by atoms with Gasteiger partial charge in [0.25, 0.3) is 5.91 Å². The third-order valence-corrected chi connectivity index (χ3v) is 7.69. The second-order valence-electron chi connectivity index (χ2n) is 9.43. The Labute approximate surface area is 201 Å². The Hall–Kier alpha value is -2.62. The van der Waals surface area contributed by atoms with Crippen molar-refractivity contribution < 1.29 is 4.79 Å². The number of rotatable bonds is 7. The summed E-state index contributed by atoms with van der Waals surface area (Å²) in [4.78, 5) is 16.4. The number of halogens is 1. The average molecular weight is 459 g/mol. The van der Waals surface area contributed by atoms with Gasteiger partial charge < -0.3 is 5.32 Å². The van der Waals surface area contributed by atoms with E-state index in [2.05, 4.69) is 46.6 Å². The van der Waals surface area contributed by atoms with Crippen molar-refractivity contribution in [3.63, 3.8) is 0 Å². The summed E-state index contributed by atoms with van der Waals surface area (Å²) in [5, 5.41) is 4.15. The average Bonchev–Trinajstić information content (AvgIpc) is 3.34. The van der Waals surface area contributed by atoms with Crippen molar-refractivity contribution >= 4 is 17.5 Å². The number of nitrogens with zero attached hydrogens (tertiary/aromatic N) is 1. The number of benzene rings is 3. The van der Waals surface area contributed by atoms with E-state index >= 15 is 0 Å². The van der Waals surface area contributed by atoms with Gasteiger partial charge in [-0.25, -0.2) is 0 Å². The van der Waals surface area contributed by atoms with Crippen molar-refractivity contribution in [3.8, 4) is 0 Å². The highest BCUT2D eigenvalue weighted by atomic mass is 35.5. The zero-order valence-electron chi connectivity index (χ0n) is 19.0. The minimum atomic E-state index is -0.0293. The molecule has 3 aromatic rings. The molecular weight excluding hydrogens is 428 g/mol. The fraction of sp³-hybridized carbons (Fsp3) is 0.345. The summed E-state index contributed by atoms with van der Waals surface area (Å²) in [5.41, 5.74) is 4.04. The van der Waals surface area contributed by atoms with Crippen molar-refractivity contribution in [1.82, 2.24) is 10.2 Å². The minimum Gasteiger partial charge on any atom is -0.343 e. The molecule has 0 aromatic heterocycles. The van der Waals surface area contributed by atoms with Crippen LogP contribution in [0.1, 0.15) is 65.2 Å². The van der Waals surface area contributed by atoms with E-state index in [4.69, 9.17) is 11.6 Å². The molecule has 1 saturated carbocycles. The smallest absolute Gasteiger partial charge is 0.252 e. The number of nitrogens with one attached hydrogen (secondary N) is 1. The third kappa shape index (κ3) is 4.58. The summed E-state index contributed by atoms with van der Waals surface area (Å²) < 4.78 is 0. The Morgan fingerprint density at radius 1 is 0.909 bits per heavy atom. The van der Waals surface area contributed by atoms with Crippen LogP contribution in [0.2, 0.25) is 5.02 Å². The van der Waals surface area contributed by atoms with Crippen LogP contribution in [-0.2, 0) is 6.42 Å². The first-order valence-corrected chi connectivity index (χ1v) is 12.5. The molecule has 0 spiro atoms. The van der Waals surface area contributed by atoms with Gasteiger partial charge in [0.1, 0.15) is 0 Å². The molecule has 3 aromatic carbocycles. The van der Waals surface area contributed by atoms with Gasteiger partial charge in [0.15, 0.2) is 0 Å². The van der Waals surface area contributed by atoms with E-state index in [1.165, 1.54) is 30.4 Å². The standard InChI is InChI=1S/C29H31ClN2O/c30-25-14-15-26(24(21-25)20-22-10-3-1-4-11-22)28(33)31-27(23-12-5-2-6-13-23)29(16-9-17-29)32-18-7-8-19-32/h1-6,10-15,21,27H,7-9,16-20H2,(H,31,33). The summed E-state index contributed by atoms with van der Waals surface area (Å²) in [6.45, 7) is 2.25. The molecule has 1 heterocycles. The number of likely N-dealkylation sites (tertiary alicyclic amines) is 1. The molecule has 1 saturated heterocycles. The molecule has 4 heteroatoms. The van der Waals surface area contributed by atoms with Gasteiger partial charge in [-0.05, 0) is 86.5 Å². The monoisotopic (exact) mass is 458 g/mol. The lowest BCUT2D eigenvalue weighted by Crippen LogP contribution is -2.60. The maximum atomic E-state index is 13.8. The third-order valence-electron chi connectivity index (χ3n) is 7.45. The van der Waals surface area contributed by atoms with E-state index in [9.17, 15) is 4.79 Å². The van der Waals surface area contributed by atoms with Gasteiger partial charge in [-0.1, -0.05) is 72.3 Å². The van der Waals surface area contributed by atoms with Crippen LogP contribution < -0.4 is 5.32 Å². The van der Waals surface area contributed by atoms with Gasteiger partial charge in [-0.3, -0.25) is 9.69 Å². The van der Waals surface area contributed by atoms with E-state index in [1.54, 1.807) is 0 Å². The van der Waals surface area contributed by atoms with Crippen LogP contribution in [0.3, 0.4) is 0 Å². The molecule has 5 rings (SSSR count). The van der Waals surface area contributed by atoms with E-state index in [0.29, 0.717) is 17.0 Å². The Bertz CT molecular complexity index is 1090. The molecule has 3 nitrogen and oxygen atoms in total. The van der Waals surface area contributed by atoms with E-state index in [0.717, 1.165) is 31.5 Å². The van der Waals surface area contributed by atoms with Crippen LogP contribution in [0, 0.1) is 0 Å². The van der Waals surface area contributed by atoms with Gasteiger partial charge >= 0.3 is 0 Å². The van der Waals surface area contributed by atoms with Gasteiger partial charge in [-0.15, -0.1) is 0 Å². The molecule has 1 amide bonds. The Balaban J connectivity index is 1.47. The topological polar surface area (TPSA) is 32.3 Å². The maximum absolute atomic E-state index is 13.8. The summed E-state index contributed by atoms with van der Waals surface area (Å²) in [6, 6.07) is 26.4. The molecule has 1 unspecified atom stereocenters. The van der Waals surface area contributed by atoms with Crippen LogP contribution >= 0.6 is 11.6 Å². The van der Waals surface area contributed by atoms with Crippen molar-refractivity contribution in [2.75, 3.05) is 13.1 Å². The quantitative estimate of drug-likeness (QED) is 0.443. The molecular formula is C29H31ClN2O. The molecule has 0 radical (unpaired) electrons. The molecule has 2 aliphatic rings. The Morgan fingerprint density at radius 3 is 2.21 bits per heavy atom. The highest BCUT2D eigenvalue weighted by Gasteiger charge is 2.50. The molecule has 1 aliphatic heterocycles. The van der Waals surface area contributed by atoms with Gasteiger partial charge in [-0.2, -0.15) is 0 Å². The van der Waals surface area contributed by atoms with Gasteiger partial charge in [0.2, 0.25) is 0 Å². The number of hydrogen-bond acceptors (Lipinski definition) is 2. The summed E-state index contributed by atoms with van der Waals surface area (Å²) in [5.74, 6) is -0.0167. The fourth-order valence-electron chi connectivity index (χ4n) is 5.62. The predicted octanol–water partition coefficient (Wildman–Crippen LogP) is 6.42. The van der Waals surface area contributed by atoms with Crippen molar-refractivity contribution in [2.24, 2.45) is 0 Å². The lowest BCUT2D eigenvalue weighted by atomic mass is 9.68. The van der Waals surface area contributed by atoms with E-state index in [-0.39, 0.29) is 17.5 Å². The van der Waals surface area contributed by atoms with Crippen molar-refractivity contribution in [1.29, 1.82) is 0 Å². The summed E-state index contributed by atoms with van der Waals surface area (Å²) in [6.07, 6.45) is 6.65. The number of carbonyl (C=O) groups excluding carboxylic acids is 1. The van der Waals surface area contributed by atoms with E-state index < -0.39 is 0 Å². The number of hydrogen-bond donors (Lipinski definition) is 1. The molecule has 1 aliphatic carbocycles. The minimum absolute atomic E-state index is 0.0134. The Kier molecular flexibility index (Phi) is 6.52. The first-order chi connectivity index (χ1) is 16.2. The summed E-state index contributed by atoms with van der Waals surface area (Å²) >= 11 is 6.34. The van der Waals surface area contributed by atoms with Crippen molar-refractivity contribution in [3.05, 3.63) is 106 Å². The molecule has 1 atom stereocenters. The first-order valence-electron chi connectivity index (χ1n) is 12.1. The van der Waals surface area contributed by atoms with Crippen LogP contribution in [0.25, 0.3) is 0 Å². The molecule has 1 N–H and O–H groups in total. The summed E-state index contributed by atoms with van der Waals surface area (Å²) in [7, 11) is 0. The lowest BCUT2D eigenvalue weighted by Gasteiger charge is -2.54. The SMILES string of the molecule is O=C(NC(c1ccccc1)C1(N2CCCC2)CCC1)c1ccc(Cl)cc1Cc1ccccc1. The zero-order chi connectivity index (χ0) is 22.7. The van der Waals surface area contributed by atoms with Gasteiger partial charge in [0.05, 0.1) is 6.04 Å². The van der Waals surface area contributed by atoms with Gasteiger partial charge in [0, 0.05) is 16.1 Å². The number of carbonyl (C=O) groups is 1. The van der Waals surface area contributed by atoms with Crippen LogP contribution in [0.5, 0.6) is 0 Å². The second kappa shape index (κ2) is 9.70. The highest BCUT2D eigenvalue weighted by Crippen LogP contribution is 2.48. The predicted molar refractivity (Wildman–Crippen MR) is 135 cm³/mol. The fourth-order valence-corrected chi connectivity index (χ4v) is 5.81. The zero-order valence-corrected chi connectivity index (χ0v) is 19.7. The second-order valence-corrected chi connectivity index (χ2v) is 9.87. The first kappa shape index (κ1) is 22.2. The largest absolute Gasteiger partial charge is 0.343 e. The van der Waals surface area contributed by atoms with Crippen LogP contribution in [0.4, 0.5) is 0 Å². The van der Waals surface area contributed by atoms with Crippen LogP contribution in [0.15, 0.2) is 78.9 Å². The molecule has 33 heavy (non-hydrogen) atoms. The highest BCUT2D eigenvalue weighted by molar-refractivity contribution is 6.30. The lowest BCUT2D eigenvalue weighted by molar-refractivity contribution is -0.000438. The molecule has 2 fully saturated rings. The van der Waals surface area contributed by atoms with E-state index in [1.807, 2.05) is 42.5 Å². The van der Waals surface area contributed by atoms with Crippen molar-refractivity contribution in [2.45, 2.75) is 50.1 Å². The van der Waals surface area contributed by atoms with Crippen LogP contribution in [-0.4, -0.2) is 29.4 Å². The normalized spacial score (nSPS) is 18.5. The molecule has 170 valence electrons. The number of amides is 1. The maximum Gasteiger partial charge on any atom is 0.252 e. The molecule has 0 bridgehead atoms. The Morgan fingerprint density at radius 2 is 1.58 bits per heavy atom.